The van der Waals surface area contributed by atoms with Gasteiger partial charge in [0.15, 0.2) is 11.5 Å². The number of aryl methyl sites for hydroxylation is 1. The van der Waals surface area contributed by atoms with Crippen LogP contribution in [0.25, 0.3) is 6.08 Å². The van der Waals surface area contributed by atoms with E-state index in [1.165, 1.54) is 23.3 Å². The number of ether oxygens (including phenoxy) is 2. The number of methoxy groups -OCH3 is 2. The average molecular weight is 453 g/mol. The Bertz CT molecular complexity index is 1000. The second kappa shape index (κ2) is 10.8. The third-order valence-electron chi connectivity index (χ3n) is 6.67. The van der Waals surface area contributed by atoms with Gasteiger partial charge in [0.1, 0.15) is 5.82 Å². The molecule has 1 fully saturated rings. The lowest BCUT2D eigenvalue weighted by molar-refractivity contribution is -0.124. The van der Waals surface area contributed by atoms with Gasteiger partial charge in [-0.3, -0.25) is 4.79 Å². The number of nitrogens with zero attached hydrogens (tertiary/aromatic N) is 1. The van der Waals surface area contributed by atoms with E-state index in [2.05, 4.69) is 17.4 Å². The second-order valence-electron chi connectivity index (χ2n) is 8.91. The molecule has 2 aromatic rings. The molecular weight excluding hydrogens is 419 g/mol. The van der Waals surface area contributed by atoms with E-state index >= 15 is 0 Å². The maximum absolute atomic E-state index is 13.1. The van der Waals surface area contributed by atoms with E-state index < -0.39 is 0 Å². The van der Waals surface area contributed by atoms with Gasteiger partial charge in [-0.05, 0) is 98.1 Å². The summed E-state index contributed by atoms with van der Waals surface area (Å²) in [5, 5.41) is 3.59. The summed E-state index contributed by atoms with van der Waals surface area (Å²) < 4.78 is 24.0. The van der Waals surface area contributed by atoms with E-state index in [1.807, 2.05) is 11.0 Å². The average Bonchev–Trinajstić information content (AvgIpc) is 3.18. The van der Waals surface area contributed by atoms with E-state index in [-0.39, 0.29) is 11.7 Å². The number of benzene rings is 2. The molecule has 6 heteroatoms. The van der Waals surface area contributed by atoms with Crippen LogP contribution in [0.5, 0.6) is 11.5 Å². The zero-order valence-electron chi connectivity index (χ0n) is 19.5. The van der Waals surface area contributed by atoms with Crippen LogP contribution in [0.15, 0.2) is 42.0 Å². The van der Waals surface area contributed by atoms with Gasteiger partial charge in [-0.25, -0.2) is 4.39 Å². The molecule has 2 aromatic carbocycles. The summed E-state index contributed by atoms with van der Waals surface area (Å²) in [5.41, 5.74) is 4.39. The Balaban J connectivity index is 1.19. The summed E-state index contributed by atoms with van der Waals surface area (Å²) in [4.78, 5) is 14.6. The highest BCUT2D eigenvalue weighted by molar-refractivity contribution is 5.99. The van der Waals surface area contributed by atoms with Gasteiger partial charge in [-0.2, -0.15) is 0 Å². The lowest BCUT2D eigenvalue weighted by Crippen LogP contribution is -2.31. The minimum absolute atomic E-state index is 0.104. The summed E-state index contributed by atoms with van der Waals surface area (Å²) in [6.07, 6.45) is 6.84. The van der Waals surface area contributed by atoms with Crippen molar-refractivity contribution in [2.75, 3.05) is 40.4 Å². The lowest BCUT2D eigenvalue weighted by atomic mass is 9.83. The summed E-state index contributed by atoms with van der Waals surface area (Å²) in [5.74, 6) is 2.05. The largest absolute Gasteiger partial charge is 0.493 e. The molecule has 1 heterocycles. The highest BCUT2D eigenvalue weighted by Crippen LogP contribution is 2.35. The number of likely N-dealkylation sites (tertiary alicyclic amines) is 1. The molecule has 0 aromatic heterocycles. The van der Waals surface area contributed by atoms with E-state index in [4.69, 9.17) is 9.47 Å². The van der Waals surface area contributed by atoms with Crippen molar-refractivity contribution in [2.45, 2.75) is 32.1 Å². The molecule has 1 amide bonds. The molecular formula is C27H33FN2O3. The third kappa shape index (κ3) is 5.74. The summed E-state index contributed by atoms with van der Waals surface area (Å²) in [6, 6.07) is 10.5. The van der Waals surface area contributed by atoms with E-state index in [9.17, 15) is 9.18 Å². The van der Waals surface area contributed by atoms with Gasteiger partial charge in [0.2, 0.25) is 5.91 Å². The molecule has 1 aliphatic heterocycles. The van der Waals surface area contributed by atoms with Crippen LogP contribution < -0.4 is 14.8 Å². The van der Waals surface area contributed by atoms with Crippen molar-refractivity contribution >= 4 is 12.0 Å². The first kappa shape index (κ1) is 23.3. The van der Waals surface area contributed by atoms with Crippen molar-refractivity contribution < 1.29 is 18.7 Å². The first-order valence-electron chi connectivity index (χ1n) is 11.8. The molecule has 0 radical (unpaired) electrons. The van der Waals surface area contributed by atoms with Gasteiger partial charge >= 0.3 is 0 Å². The van der Waals surface area contributed by atoms with E-state index in [1.54, 1.807) is 26.4 Å². The van der Waals surface area contributed by atoms with Gasteiger partial charge in [-0.15, -0.1) is 0 Å². The summed E-state index contributed by atoms with van der Waals surface area (Å²) in [6.45, 7) is 3.40. The highest BCUT2D eigenvalue weighted by Gasteiger charge is 2.25. The fraction of sp³-hybridized carbons (Fsp3) is 0.444. The first-order valence-corrected chi connectivity index (χ1v) is 11.8. The SMILES string of the molecule is COc1cc2c(cc1OC)CC(CNCCCN1CC/C(=C\c3ccc(F)cc3)C1=O)CC2. The highest BCUT2D eigenvalue weighted by atomic mass is 19.1. The molecule has 1 aliphatic carbocycles. The summed E-state index contributed by atoms with van der Waals surface area (Å²) >= 11 is 0. The van der Waals surface area contributed by atoms with Crippen molar-refractivity contribution in [3.05, 3.63) is 64.5 Å². The van der Waals surface area contributed by atoms with Crippen LogP contribution in [-0.4, -0.2) is 51.2 Å². The minimum atomic E-state index is -0.263. The molecule has 1 saturated heterocycles. The number of carbonyl (C=O) groups excluding carboxylic acids is 1. The topological polar surface area (TPSA) is 50.8 Å². The number of halogens is 1. The molecule has 1 N–H and O–H groups in total. The Morgan fingerprint density at radius 1 is 1.09 bits per heavy atom. The van der Waals surface area contributed by atoms with Gasteiger partial charge in [-0.1, -0.05) is 12.1 Å². The van der Waals surface area contributed by atoms with Crippen LogP contribution >= 0.6 is 0 Å². The molecule has 0 spiro atoms. The fourth-order valence-corrected chi connectivity index (χ4v) is 4.81. The van der Waals surface area contributed by atoms with E-state index in [0.717, 1.165) is 80.9 Å². The van der Waals surface area contributed by atoms with Crippen LogP contribution in [0.1, 0.15) is 36.0 Å². The number of amides is 1. The van der Waals surface area contributed by atoms with Crippen molar-refractivity contribution in [3.63, 3.8) is 0 Å². The van der Waals surface area contributed by atoms with Crippen molar-refractivity contribution in [1.29, 1.82) is 0 Å². The van der Waals surface area contributed by atoms with Crippen LogP contribution in [0.3, 0.4) is 0 Å². The molecule has 1 unspecified atom stereocenters. The Morgan fingerprint density at radius 3 is 2.55 bits per heavy atom. The number of carbonyl (C=O) groups is 1. The fourth-order valence-electron chi connectivity index (χ4n) is 4.81. The molecule has 0 bridgehead atoms. The molecule has 1 atom stereocenters. The van der Waals surface area contributed by atoms with Crippen LogP contribution in [0.2, 0.25) is 0 Å². The number of hydrogen-bond donors (Lipinski definition) is 1. The zero-order chi connectivity index (χ0) is 23.2. The zero-order valence-corrected chi connectivity index (χ0v) is 19.5. The predicted molar refractivity (Wildman–Crippen MR) is 128 cm³/mol. The minimum Gasteiger partial charge on any atom is -0.493 e. The Kier molecular flexibility index (Phi) is 7.65. The van der Waals surface area contributed by atoms with Crippen molar-refractivity contribution in [2.24, 2.45) is 5.92 Å². The summed E-state index contributed by atoms with van der Waals surface area (Å²) in [7, 11) is 3.36. The Labute approximate surface area is 195 Å². The number of hydrogen-bond acceptors (Lipinski definition) is 4. The maximum Gasteiger partial charge on any atom is 0.249 e. The normalized spacial score (nSPS) is 19.1. The Morgan fingerprint density at radius 2 is 1.82 bits per heavy atom. The molecule has 0 saturated carbocycles. The number of fused-ring (bicyclic) bond motifs is 1. The predicted octanol–water partition coefficient (Wildman–Crippen LogP) is 4.24. The lowest BCUT2D eigenvalue weighted by Gasteiger charge is -2.26. The number of rotatable bonds is 9. The number of nitrogens with one attached hydrogen (secondary N) is 1. The van der Waals surface area contributed by atoms with Gasteiger partial charge in [0, 0.05) is 18.7 Å². The van der Waals surface area contributed by atoms with E-state index in [0.29, 0.717) is 5.92 Å². The molecule has 5 nitrogen and oxygen atoms in total. The van der Waals surface area contributed by atoms with Crippen molar-refractivity contribution in [3.8, 4) is 11.5 Å². The monoisotopic (exact) mass is 452 g/mol. The van der Waals surface area contributed by atoms with Gasteiger partial charge < -0.3 is 19.7 Å². The van der Waals surface area contributed by atoms with Crippen molar-refractivity contribution in [1.82, 2.24) is 10.2 Å². The molecule has 4 rings (SSSR count). The Hall–Kier alpha value is -2.86. The maximum atomic E-state index is 13.1. The van der Waals surface area contributed by atoms with Gasteiger partial charge in [0.05, 0.1) is 14.2 Å². The molecule has 176 valence electrons. The second-order valence-corrected chi connectivity index (χ2v) is 8.91. The third-order valence-corrected chi connectivity index (χ3v) is 6.67. The standard InChI is InChI=1S/C27H33FN2O3/c1-32-25-16-21-7-4-20(15-23(21)17-26(25)33-2)18-29-11-3-12-30-13-10-22(27(30)31)14-19-5-8-24(28)9-6-19/h5-6,8-9,14,16-17,20,29H,3-4,7,10-13,15,18H2,1-2H3/b22-14+. The van der Waals surface area contributed by atoms with Gasteiger partial charge in [0.25, 0.3) is 0 Å². The quantitative estimate of drug-likeness (QED) is 0.457. The molecule has 2 aliphatic rings. The smallest absolute Gasteiger partial charge is 0.249 e. The first-order chi connectivity index (χ1) is 16.1. The molecule has 33 heavy (non-hydrogen) atoms. The van der Waals surface area contributed by atoms with Crippen LogP contribution in [0, 0.1) is 11.7 Å². The van der Waals surface area contributed by atoms with Crippen LogP contribution in [-0.2, 0) is 17.6 Å². The van der Waals surface area contributed by atoms with Crippen LogP contribution in [0.4, 0.5) is 4.39 Å².